The SMILES string of the molecule is Cc1noc(C)c1-c1cccc(NC=O)c1. The van der Waals surface area contributed by atoms with E-state index in [1.807, 2.05) is 38.1 Å². The summed E-state index contributed by atoms with van der Waals surface area (Å²) in [4.78, 5) is 10.4. The Kier molecular flexibility index (Phi) is 2.72. The number of benzene rings is 1. The number of nitrogens with one attached hydrogen (secondary N) is 1. The molecule has 1 heterocycles. The summed E-state index contributed by atoms with van der Waals surface area (Å²) in [5.41, 5.74) is 3.57. The molecule has 1 N–H and O–H groups in total. The largest absolute Gasteiger partial charge is 0.361 e. The number of amides is 1. The molecule has 0 aliphatic carbocycles. The van der Waals surface area contributed by atoms with Crippen molar-refractivity contribution >= 4 is 12.1 Å². The maximum atomic E-state index is 10.4. The van der Waals surface area contributed by atoms with Crippen molar-refractivity contribution in [3.63, 3.8) is 0 Å². The molecule has 0 aliphatic heterocycles. The number of carbonyl (C=O) groups excluding carboxylic acids is 1. The van der Waals surface area contributed by atoms with Gasteiger partial charge < -0.3 is 9.84 Å². The molecule has 0 fully saturated rings. The Labute approximate surface area is 93.3 Å². The summed E-state index contributed by atoms with van der Waals surface area (Å²) < 4.78 is 5.11. The number of hydrogen-bond donors (Lipinski definition) is 1. The minimum Gasteiger partial charge on any atom is -0.361 e. The first-order chi connectivity index (χ1) is 7.72. The molecule has 0 saturated heterocycles. The lowest BCUT2D eigenvalue weighted by molar-refractivity contribution is -0.105. The van der Waals surface area contributed by atoms with Crippen LogP contribution in [0, 0.1) is 13.8 Å². The highest BCUT2D eigenvalue weighted by Crippen LogP contribution is 2.28. The van der Waals surface area contributed by atoms with Crippen LogP contribution in [0.1, 0.15) is 11.5 Å². The predicted octanol–water partition coefficient (Wildman–Crippen LogP) is 2.53. The summed E-state index contributed by atoms with van der Waals surface area (Å²) in [7, 11) is 0. The standard InChI is InChI=1S/C12H12N2O2/c1-8-12(9(2)16-14-8)10-4-3-5-11(6-10)13-7-15/h3-7H,1-2H3,(H,13,15). The summed E-state index contributed by atoms with van der Waals surface area (Å²) in [6, 6.07) is 7.56. The van der Waals surface area contributed by atoms with E-state index in [1.54, 1.807) is 0 Å². The maximum absolute atomic E-state index is 10.4. The van der Waals surface area contributed by atoms with Gasteiger partial charge in [0.1, 0.15) is 5.76 Å². The van der Waals surface area contributed by atoms with E-state index in [4.69, 9.17) is 4.52 Å². The normalized spacial score (nSPS) is 10.1. The van der Waals surface area contributed by atoms with Gasteiger partial charge in [-0.15, -0.1) is 0 Å². The molecule has 0 radical (unpaired) electrons. The molecule has 1 amide bonds. The molecular formula is C12H12N2O2. The Hall–Kier alpha value is -2.10. The van der Waals surface area contributed by atoms with Crippen molar-refractivity contribution in [2.24, 2.45) is 0 Å². The van der Waals surface area contributed by atoms with Crippen molar-refractivity contribution in [3.8, 4) is 11.1 Å². The van der Waals surface area contributed by atoms with Crippen LogP contribution < -0.4 is 5.32 Å². The van der Waals surface area contributed by atoms with Gasteiger partial charge in [-0.05, 0) is 31.5 Å². The van der Waals surface area contributed by atoms with Crippen LogP contribution in [0.3, 0.4) is 0 Å². The average Bonchev–Trinajstić information content (AvgIpc) is 2.59. The predicted molar refractivity (Wildman–Crippen MR) is 61.1 cm³/mol. The average molecular weight is 216 g/mol. The Balaban J connectivity index is 2.48. The minimum atomic E-state index is 0.659. The zero-order valence-corrected chi connectivity index (χ0v) is 9.15. The van der Waals surface area contributed by atoms with Crippen LogP contribution in [0.25, 0.3) is 11.1 Å². The van der Waals surface area contributed by atoms with Crippen molar-refractivity contribution < 1.29 is 9.32 Å². The third-order valence-electron chi connectivity index (χ3n) is 2.41. The van der Waals surface area contributed by atoms with Crippen LogP contribution in [0.4, 0.5) is 5.69 Å². The van der Waals surface area contributed by atoms with Crippen LogP contribution in [-0.4, -0.2) is 11.6 Å². The maximum Gasteiger partial charge on any atom is 0.211 e. The molecule has 2 rings (SSSR count). The summed E-state index contributed by atoms with van der Waals surface area (Å²) in [6.45, 7) is 3.76. The molecule has 82 valence electrons. The van der Waals surface area contributed by atoms with Gasteiger partial charge in [-0.3, -0.25) is 4.79 Å². The number of anilines is 1. The molecule has 16 heavy (non-hydrogen) atoms. The van der Waals surface area contributed by atoms with Crippen LogP contribution in [0.2, 0.25) is 0 Å². The van der Waals surface area contributed by atoms with Crippen molar-refractivity contribution in [2.75, 3.05) is 5.32 Å². The molecule has 0 bridgehead atoms. The fourth-order valence-electron chi connectivity index (χ4n) is 1.73. The Morgan fingerprint density at radius 2 is 2.19 bits per heavy atom. The number of carbonyl (C=O) groups is 1. The molecule has 0 unspecified atom stereocenters. The zero-order chi connectivity index (χ0) is 11.5. The monoisotopic (exact) mass is 216 g/mol. The zero-order valence-electron chi connectivity index (χ0n) is 9.15. The van der Waals surface area contributed by atoms with Crippen LogP contribution in [0.5, 0.6) is 0 Å². The van der Waals surface area contributed by atoms with E-state index in [1.165, 1.54) is 0 Å². The first-order valence-electron chi connectivity index (χ1n) is 4.96. The molecule has 1 aromatic heterocycles. The van der Waals surface area contributed by atoms with Gasteiger partial charge in [-0.25, -0.2) is 0 Å². The van der Waals surface area contributed by atoms with Gasteiger partial charge in [0.15, 0.2) is 0 Å². The van der Waals surface area contributed by atoms with E-state index < -0.39 is 0 Å². The highest BCUT2D eigenvalue weighted by Gasteiger charge is 2.11. The van der Waals surface area contributed by atoms with E-state index >= 15 is 0 Å². The van der Waals surface area contributed by atoms with E-state index in [9.17, 15) is 4.79 Å². The third kappa shape index (κ3) is 1.82. The summed E-state index contributed by atoms with van der Waals surface area (Å²) in [5.74, 6) is 0.778. The van der Waals surface area contributed by atoms with Gasteiger partial charge in [0, 0.05) is 11.3 Å². The summed E-state index contributed by atoms with van der Waals surface area (Å²) in [5, 5.41) is 6.52. The van der Waals surface area contributed by atoms with Crippen LogP contribution >= 0.6 is 0 Å². The molecular weight excluding hydrogens is 204 g/mol. The Morgan fingerprint density at radius 3 is 2.81 bits per heavy atom. The molecule has 0 atom stereocenters. The molecule has 4 heteroatoms. The lowest BCUT2D eigenvalue weighted by Gasteiger charge is -2.03. The van der Waals surface area contributed by atoms with E-state index in [0.717, 1.165) is 28.3 Å². The van der Waals surface area contributed by atoms with Gasteiger partial charge in [-0.1, -0.05) is 17.3 Å². The van der Waals surface area contributed by atoms with Gasteiger partial charge in [0.05, 0.1) is 5.69 Å². The number of aromatic nitrogens is 1. The second kappa shape index (κ2) is 4.18. The van der Waals surface area contributed by atoms with E-state index in [-0.39, 0.29) is 0 Å². The highest BCUT2D eigenvalue weighted by molar-refractivity contribution is 5.77. The quantitative estimate of drug-likeness (QED) is 0.802. The van der Waals surface area contributed by atoms with E-state index in [0.29, 0.717) is 6.41 Å². The van der Waals surface area contributed by atoms with Gasteiger partial charge in [0.2, 0.25) is 6.41 Å². The molecule has 0 spiro atoms. The van der Waals surface area contributed by atoms with Gasteiger partial charge >= 0.3 is 0 Å². The van der Waals surface area contributed by atoms with Crippen LogP contribution in [0.15, 0.2) is 28.8 Å². The number of aryl methyl sites for hydroxylation is 2. The number of hydrogen-bond acceptors (Lipinski definition) is 3. The lowest BCUT2D eigenvalue weighted by atomic mass is 10.0. The molecule has 1 aromatic carbocycles. The van der Waals surface area contributed by atoms with Gasteiger partial charge in [-0.2, -0.15) is 0 Å². The second-order valence-corrected chi connectivity index (χ2v) is 3.54. The minimum absolute atomic E-state index is 0.659. The fourth-order valence-corrected chi connectivity index (χ4v) is 1.73. The topological polar surface area (TPSA) is 55.1 Å². The molecule has 0 saturated carbocycles. The molecule has 4 nitrogen and oxygen atoms in total. The number of nitrogens with zero attached hydrogens (tertiary/aromatic N) is 1. The van der Waals surface area contributed by atoms with Crippen molar-refractivity contribution in [1.29, 1.82) is 0 Å². The summed E-state index contributed by atoms with van der Waals surface area (Å²) in [6.07, 6.45) is 0.659. The van der Waals surface area contributed by atoms with E-state index in [2.05, 4.69) is 10.5 Å². The first-order valence-corrected chi connectivity index (χ1v) is 4.96. The fraction of sp³-hybridized carbons (Fsp3) is 0.167. The highest BCUT2D eigenvalue weighted by atomic mass is 16.5. The van der Waals surface area contributed by atoms with Crippen molar-refractivity contribution in [3.05, 3.63) is 35.7 Å². The number of rotatable bonds is 3. The van der Waals surface area contributed by atoms with Crippen molar-refractivity contribution in [1.82, 2.24) is 5.16 Å². The van der Waals surface area contributed by atoms with Crippen molar-refractivity contribution in [2.45, 2.75) is 13.8 Å². The smallest absolute Gasteiger partial charge is 0.211 e. The third-order valence-corrected chi connectivity index (χ3v) is 2.41. The Bertz CT molecular complexity index is 498. The second-order valence-electron chi connectivity index (χ2n) is 3.54. The Morgan fingerprint density at radius 1 is 1.38 bits per heavy atom. The molecule has 0 aliphatic rings. The summed E-state index contributed by atoms with van der Waals surface area (Å²) >= 11 is 0. The van der Waals surface area contributed by atoms with Crippen LogP contribution in [-0.2, 0) is 4.79 Å². The first kappa shape index (κ1) is 10.4. The van der Waals surface area contributed by atoms with Gasteiger partial charge in [0.25, 0.3) is 0 Å². The molecule has 2 aromatic rings. The lowest BCUT2D eigenvalue weighted by Crippen LogP contribution is -1.93.